The average Bonchev–Trinajstić information content (AvgIpc) is 3.04. The highest BCUT2D eigenvalue weighted by Gasteiger charge is 2.12. The van der Waals surface area contributed by atoms with E-state index < -0.39 is 6.09 Å². The highest BCUT2D eigenvalue weighted by Crippen LogP contribution is 2.30. The molecule has 0 atom stereocenters. The van der Waals surface area contributed by atoms with Crippen LogP contribution in [0.1, 0.15) is 0 Å². The SMILES string of the molecule is CN(C(=O)O)c1cccc(-c2cc(-c3ccccc3Cl)[nH]n2)c1. The van der Waals surface area contributed by atoms with E-state index in [1.807, 2.05) is 36.4 Å². The molecule has 5 nitrogen and oxygen atoms in total. The van der Waals surface area contributed by atoms with Gasteiger partial charge in [0.2, 0.25) is 0 Å². The summed E-state index contributed by atoms with van der Waals surface area (Å²) in [7, 11) is 1.50. The standard InChI is InChI=1S/C17H14ClN3O2/c1-21(17(22)23)12-6-4-5-11(9-12)15-10-16(20-19-15)13-7-2-3-8-14(13)18/h2-10H,1H3,(H,19,20)(H,22,23). The van der Waals surface area contributed by atoms with Gasteiger partial charge in [0.05, 0.1) is 11.4 Å². The first-order valence-corrected chi connectivity index (χ1v) is 7.31. The van der Waals surface area contributed by atoms with Crippen molar-refractivity contribution in [2.45, 2.75) is 0 Å². The summed E-state index contributed by atoms with van der Waals surface area (Å²) in [5.41, 5.74) is 3.80. The van der Waals surface area contributed by atoms with E-state index in [2.05, 4.69) is 10.2 Å². The predicted molar refractivity (Wildman–Crippen MR) is 90.9 cm³/mol. The number of amides is 1. The van der Waals surface area contributed by atoms with Gasteiger partial charge in [-0.25, -0.2) is 4.79 Å². The molecule has 1 amide bonds. The van der Waals surface area contributed by atoms with Crippen molar-refractivity contribution in [1.82, 2.24) is 10.2 Å². The predicted octanol–water partition coefficient (Wildman–Crippen LogP) is 4.51. The van der Waals surface area contributed by atoms with E-state index in [0.717, 1.165) is 27.4 Å². The molecular formula is C17H14ClN3O2. The van der Waals surface area contributed by atoms with E-state index in [-0.39, 0.29) is 0 Å². The van der Waals surface area contributed by atoms with Gasteiger partial charge in [-0.1, -0.05) is 41.9 Å². The Morgan fingerprint density at radius 1 is 1.17 bits per heavy atom. The van der Waals surface area contributed by atoms with E-state index >= 15 is 0 Å². The lowest BCUT2D eigenvalue weighted by molar-refractivity contribution is 0.203. The van der Waals surface area contributed by atoms with Crippen LogP contribution in [0.4, 0.5) is 10.5 Å². The van der Waals surface area contributed by atoms with E-state index in [1.54, 1.807) is 18.2 Å². The zero-order valence-corrected chi connectivity index (χ0v) is 13.1. The summed E-state index contributed by atoms with van der Waals surface area (Å²) in [5, 5.41) is 17.0. The van der Waals surface area contributed by atoms with Crippen LogP contribution in [0.3, 0.4) is 0 Å². The second-order valence-electron chi connectivity index (χ2n) is 5.04. The lowest BCUT2D eigenvalue weighted by atomic mass is 10.1. The molecule has 2 N–H and O–H groups in total. The molecule has 1 aromatic heterocycles. The molecule has 0 fully saturated rings. The molecule has 0 saturated carbocycles. The molecule has 0 bridgehead atoms. The van der Waals surface area contributed by atoms with Gasteiger partial charge in [-0.15, -0.1) is 0 Å². The molecular weight excluding hydrogens is 314 g/mol. The normalized spacial score (nSPS) is 10.5. The van der Waals surface area contributed by atoms with E-state index in [4.69, 9.17) is 16.7 Å². The van der Waals surface area contributed by atoms with Crippen molar-refractivity contribution in [1.29, 1.82) is 0 Å². The van der Waals surface area contributed by atoms with E-state index in [9.17, 15) is 4.79 Å². The van der Waals surface area contributed by atoms with Gasteiger partial charge < -0.3 is 5.11 Å². The number of hydrogen-bond acceptors (Lipinski definition) is 2. The third-order valence-electron chi connectivity index (χ3n) is 3.56. The zero-order chi connectivity index (χ0) is 16.4. The fourth-order valence-electron chi connectivity index (χ4n) is 2.27. The quantitative estimate of drug-likeness (QED) is 0.743. The molecule has 1 heterocycles. The maximum atomic E-state index is 11.1. The molecule has 0 saturated heterocycles. The van der Waals surface area contributed by atoms with Crippen molar-refractivity contribution in [2.75, 3.05) is 11.9 Å². The van der Waals surface area contributed by atoms with Crippen LogP contribution in [-0.2, 0) is 0 Å². The van der Waals surface area contributed by atoms with Crippen LogP contribution in [0.2, 0.25) is 5.02 Å². The maximum absolute atomic E-state index is 11.1. The Labute approximate surface area is 138 Å². The number of halogens is 1. The molecule has 0 aliphatic rings. The number of nitrogens with zero attached hydrogens (tertiary/aromatic N) is 2. The van der Waals surface area contributed by atoms with Crippen molar-refractivity contribution in [3.8, 4) is 22.5 Å². The molecule has 0 aliphatic heterocycles. The van der Waals surface area contributed by atoms with Gasteiger partial charge in [-0.05, 0) is 24.3 Å². The molecule has 6 heteroatoms. The lowest BCUT2D eigenvalue weighted by Crippen LogP contribution is -2.23. The highest BCUT2D eigenvalue weighted by molar-refractivity contribution is 6.33. The monoisotopic (exact) mass is 327 g/mol. The Hall–Kier alpha value is -2.79. The first-order chi connectivity index (χ1) is 11.1. The number of H-pyrrole nitrogens is 1. The van der Waals surface area contributed by atoms with Crippen molar-refractivity contribution in [3.05, 3.63) is 59.6 Å². The zero-order valence-electron chi connectivity index (χ0n) is 12.3. The Bertz CT molecular complexity index is 860. The van der Waals surface area contributed by atoms with Crippen LogP contribution < -0.4 is 4.90 Å². The number of aromatic nitrogens is 2. The summed E-state index contributed by atoms with van der Waals surface area (Å²) in [6.07, 6.45) is -1.01. The minimum Gasteiger partial charge on any atom is -0.465 e. The summed E-state index contributed by atoms with van der Waals surface area (Å²) in [6, 6.07) is 16.6. The Morgan fingerprint density at radius 2 is 1.96 bits per heavy atom. The summed E-state index contributed by atoms with van der Waals surface area (Å²) in [4.78, 5) is 12.2. The van der Waals surface area contributed by atoms with Crippen LogP contribution in [-0.4, -0.2) is 28.4 Å². The van der Waals surface area contributed by atoms with E-state index in [1.165, 1.54) is 7.05 Å². The minimum absolute atomic E-state index is 0.581. The average molecular weight is 328 g/mol. The van der Waals surface area contributed by atoms with Gasteiger partial charge in [0.15, 0.2) is 0 Å². The molecule has 23 heavy (non-hydrogen) atoms. The number of carboxylic acid groups (broad SMARTS) is 1. The van der Waals surface area contributed by atoms with Crippen LogP contribution in [0, 0.1) is 0 Å². The van der Waals surface area contributed by atoms with Crippen LogP contribution in [0.15, 0.2) is 54.6 Å². The van der Waals surface area contributed by atoms with Crippen LogP contribution in [0.5, 0.6) is 0 Å². The number of hydrogen-bond donors (Lipinski definition) is 2. The molecule has 0 radical (unpaired) electrons. The fourth-order valence-corrected chi connectivity index (χ4v) is 2.51. The van der Waals surface area contributed by atoms with Gasteiger partial charge in [0.1, 0.15) is 0 Å². The Kier molecular flexibility index (Phi) is 4.04. The fraction of sp³-hybridized carbons (Fsp3) is 0.0588. The number of anilines is 1. The summed E-state index contributed by atoms with van der Waals surface area (Å²) in [6.45, 7) is 0. The van der Waals surface area contributed by atoms with Crippen molar-refractivity contribution >= 4 is 23.4 Å². The lowest BCUT2D eigenvalue weighted by Gasteiger charge is -2.13. The van der Waals surface area contributed by atoms with Gasteiger partial charge in [0.25, 0.3) is 0 Å². The largest absolute Gasteiger partial charge is 0.465 e. The molecule has 0 unspecified atom stereocenters. The van der Waals surface area contributed by atoms with Gasteiger partial charge in [0, 0.05) is 28.9 Å². The summed E-state index contributed by atoms with van der Waals surface area (Å²) >= 11 is 6.20. The molecule has 2 aromatic carbocycles. The first kappa shape index (κ1) is 15.1. The van der Waals surface area contributed by atoms with Crippen molar-refractivity contribution in [3.63, 3.8) is 0 Å². The third-order valence-corrected chi connectivity index (χ3v) is 3.89. The maximum Gasteiger partial charge on any atom is 0.411 e. The molecule has 116 valence electrons. The number of rotatable bonds is 3. The minimum atomic E-state index is -1.01. The smallest absolute Gasteiger partial charge is 0.411 e. The van der Waals surface area contributed by atoms with Gasteiger partial charge >= 0.3 is 6.09 Å². The number of benzene rings is 2. The highest BCUT2D eigenvalue weighted by atomic mass is 35.5. The topological polar surface area (TPSA) is 69.2 Å². The molecule has 3 aromatic rings. The third kappa shape index (κ3) is 3.05. The summed E-state index contributed by atoms with van der Waals surface area (Å²) < 4.78 is 0. The second kappa shape index (κ2) is 6.14. The van der Waals surface area contributed by atoms with Crippen LogP contribution in [0.25, 0.3) is 22.5 Å². The van der Waals surface area contributed by atoms with Crippen LogP contribution >= 0.6 is 11.6 Å². The number of nitrogens with one attached hydrogen (secondary N) is 1. The first-order valence-electron chi connectivity index (χ1n) is 6.93. The Morgan fingerprint density at radius 3 is 2.70 bits per heavy atom. The van der Waals surface area contributed by atoms with Gasteiger partial charge in [-0.2, -0.15) is 5.10 Å². The van der Waals surface area contributed by atoms with E-state index in [0.29, 0.717) is 10.7 Å². The Balaban J connectivity index is 1.97. The van der Waals surface area contributed by atoms with Crippen molar-refractivity contribution in [2.24, 2.45) is 0 Å². The molecule has 0 spiro atoms. The van der Waals surface area contributed by atoms with Gasteiger partial charge in [-0.3, -0.25) is 10.00 Å². The second-order valence-corrected chi connectivity index (χ2v) is 5.45. The molecule has 3 rings (SSSR count). The molecule has 0 aliphatic carbocycles. The number of aromatic amines is 1. The van der Waals surface area contributed by atoms with Crippen molar-refractivity contribution < 1.29 is 9.90 Å². The summed E-state index contributed by atoms with van der Waals surface area (Å²) in [5.74, 6) is 0. The number of carbonyl (C=O) groups is 1.